The fraction of sp³-hybridized carbons (Fsp3) is 0.429. The summed E-state index contributed by atoms with van der Waals surface area (Å²) >= 11 is 1.50. The smallest absolute Gasteiger partial charge is 0.332 e. The number of carbonyl (C=O) groups excluding carboxylic acids is 1. The number of hydrogen-bond donors (Lipinski definition) is 3. The summed E-state index contributed by atoms with van der Waals surface area (Å²) in [5.74, 6) is -0.349. The van der Waals surface area contributed by atoms with Gasteiger partial charge in [0, 0.05) is 18.7 Å². The van der Waals surface area contributed by atoms with Gasteiger partial charge in [0.15, 0.2) is 6.10 Å². The van der Waals surface area contributed by atoms with Crippen LogP contribution < -0.4 is 5.32 Å². The maximum absolute atomic E-state index is 11.5. The topological polar surface area (TPSA) is 86.6 Å². The second-order valence-electron chi connectivity index (χ2n) is 4.47. The molecule has 110 valence electrons. The van der Waals surface area contributed by atoms with Crippen LogP contribution in [0.5, 0.6) is 0 Å². The lowest BCUT2D eigenvalue weighted by atomic mass is 10.2. The molecule has 1 amide bonds. The van der Waals surface area contributed by atoms with Crippen molar-refractivity contribution < 1.29 is 19.8 Å². The molecule has 0 saturated heterocycles. The zero-order chi connectivity index (χ0) is 15.0. The molecule has 1 rings (SSSR count). The van der Waals surface area contributed by atoms with Crippen LogP contribution in [0, 0.1) is 6.92 Å². The predicted octanol–water partition coefficient (Wildman–Crippen LogP) is 1.18. The molecule has 1 unspecified atom stereocenters. The van der Waals surface area contributed by atoms with Crippen LogP contribution in [0.3, 0.4) is 0 Å². The summed E-state index contributed by atoms with van der Waals surface area (Å²) < 4.78 is 0. The van der Waals surface area contributed by atoms with Crippen molar-refractivity contribution in [2.24, 2.45) is 0 Å². The molecule has 0 saturated carbocycles. The molecule has 3 N–H and O–H groups in total. The van der Waals surface area contributed by atoms with E-state index in [0.29, 0.717) is 5.75 Å². The highest BCUT2D eigenvalue weighted by Gasteiger charge is 2.12. The average Bonchev–Trinajstić information content (AvgIpc) is 2.38. The molecule has 0 spiro atoms. The van der Waals surface area contributed by atoms with Gasteiger partial charge in [0.1, 0.15) is 0 Å². The minimum absolute atomic E-state index is 0.0175. The summed E-state index contributed by atoms with van der Waals surface area (Å²) in [6, 6.07) is 8.10. The number of carbonyl (C=O) groups is 2. The predicted molar refractivity (Wildman–Crippen MR) is 78.6 cm³/mol. The number of thioether (sulfide) groups is 1. The van der Waals surface area contributed by atoms with Gasteiger partial charge in [0.25, 0.3) is 0 Å². The van der Waals surface area contributed by atoms with Crippen LogP contribution in [0.25, 0.3) is 0 Å². The number of amides is 1. The number of aliphatic hydroxyl groups is 1. The first-order valence-corrected chi connectivity index (χ1v) is 7.45. The highest BCUT2D eigenvalue weighted by molar-refractivity contribution is 7.99. The molecule has 0 aliphatic rings. The van der Waals surface area contributed by atoms with Crippen molar-refractivity contribution in [2.75, 3.05) is 12.3 Å². The molecule has 0 bridgehead atoms. The summed E-state index contributed by atoms with van der Waals surface area (Å²) in [5.41, 5.74) is 2.36. The number of nitrogens with one attached hydrogen (secondary N) is 1. The van der Waals surface area contributed by atoms with E-state index in [1.54, 1.807) is 0 Å². The van der Waals surface area contributed by atoms with E-state index in [0.717, 1.165) is 5.75 Å². The molecule has 1 atom stereocenters. The van der Waals surface area contributed by atoms with Crippen molar-refractivity contribution in [3.63, 3.8) is 0 Å². The second-order valence-corrected chi connectivity index (χ2v) is 5.46. The van der Waals surface area contributed by atoms with Crippen molar-refractivity contribution in [1.82, 2.24) is 5.32 Å². The Bertz CT molecular complexity index is 464. The van der Waals surface area contributed by atoms with Crippen LogP contribution >= 0.6 is 11.8 Å². The molecular weight excluding hydrogens is 278 g/mol. The van der Waals surface area contributed by atoms with E-state index in [4.69, 9.17) is 10.2 Å². The third-order valence-electron chi connectivity index (χ3n) is 2.61. The van der Waals surface area contributed by atoms with E-state index in [2.05, 4.69) is 11.4 Å². The summed E-state index contributed by atoms with van der Waals surface area (Å²) in [4.78, 5) is 21.9. The van der Waals surface area contributed by atoms with Gasteiger partial charge in [-0.05, 0) is 12.5 Å². The van der Waals surface area contributed by atoms with Gasteiger partial charge in [-0.1, -0.05) is 29.8 Å². The van der Waals surface area contributed by atoms with Crippen LogP contribution in [-0.4, -0.2) is 40.5 Å². The first-order valence-electron chi connectivity index (χ1n) is 6.30. The summed E-state index contributed by atoms with van der Waals surface area (Å²) in [7, 11) is 0. The van der Waals surface area contributed by atoms with Gasteiger partial charge in [-0.3, -0.25) is 4.79 Å². The van der Waals surface area contributed by atoms with Crippen molar-refractivity contribution in [3.05, 3.63) is 35.4 Å². The number of aliphatic hydroxyl groups excluding tert-OH is 1. The fourth-order valence-corrected chi connectivity index (χ4v) is 2.39. The number of carboxylic acids is 1. The van der Waals surface area contributed by atoms with Gasteiger partial charge in [0.05, 0.1) is 5.75 Å². The van der Waals surface area contributed by atoms with E-state index in [-0.39, 0.29) is 18.9 Å². The summed E-state index contributed by atoms with van der Waals surface area (Å²) in [5, 5.41) is 20.1. The minimum Gasteiger partial charge on any atom is -0.479 e. The van der Waals surface area contributed by atoms with Crippen LogP contribution in [-0.2, 0) is 15.3 Å². The molecule has 0 heterocycles. The molecule has 20 heavy (non-hydrogen) atoms. The van der Waals surface area contributed by atoms with Gasteiger partial charge in [-0.15, -0.1) is 11.8 Å². The molecule has 1 aromatic rings. The molecule has 0 aliphatic heterocycles. The Balaban J connectivity index is 2.16. The van der Waals surface area contributed by atoms with E-state index in [1.165, 1.54) is 22.9 Å². The number of aliphatic carboxylic acids is 1. The normalized spacial score (nSPS) is 11.9. The SMILES string of the molecule is Cc1cccc(CSCC(=O)NCCC(O)C(=O)O)c1. The van der Waals surface area contributed by atoms with E-state index in [1.807, 2.05) is 25.1 Å². The molecule has 0 radical (unpaired) electrons. The summed E-state index contributed by atoms with van der Waals surface area (Å²) in [6.07, 6.45) is -1.40. The van der Waals surface area contributed by atoms with Gasteiger partial charge < -0.3 is 15.5 Å². The zero-order valence-electron chi connectivity index (χ0n) is 11.3. The standard InChI is InChI=1S/C14H19NO4S/c1-10-3-2-4-11(7-10)8-20-9-13(17)15-6-5-12(16)14(18)19/h2-4,7,12,16H,5-6,8-9H2,1H3,(H,15,17)(H,18,19). The average molecular weight is 297 g/mol. The van der Waals surface area contributed by atoms with Crippen molar-refractivity contribution in [2.45, 2.75) is 25.2 Å². The lowest BCUT2D eigenvalue weighted by Crippen LogP contribution is -2.31. The first kappa shape index (κ1) is 16.5. The Hall–Kier alpha value is -1.53. The van der Waals surface area contributed by atoms with Crippen molar-refractivity contribution in [3.8, 4) is 0 Å². The third kappa shape index (κ3) is 6.58. The number of aryl methyl sites for hydroxylation is 1. The highest BCUT2D eigenvalue weighted by Crippen LogP contribution is 2.13. The van der Waals surface area contributed by atoms with Gasteiger partial charge in [-0.25, -0.2) is 4.79 Å². The van der Waals surface area contributed by atoms with Gasteiger partial charge >= 0.3 is 5.97 Å². The minimum atomic E-state index is -1.42. The molecule has 6 heteroatoms. The number of hydrogen-bond acceptors (Lipinski definition) is 4. The quantitative estimate of drug-likeness (QED) is 0.671. The fourth-order valence-electron chi connectivity index (χ4n) is 1.59. The molecule has 1 aromatic carbocycles. The van der Waals surface area contributed by atoms with Gasteiger partial charge in [0.2, 0.25) is 5.91 Å². The Morgan fingerprint density at radius 1 is 1.40 bits per heavy atom. The largest absolute Gasteiger partial charge is 0.479 e. The van der Waals surface area contributed by atoms with E-state index >= 15 is 0 Å². The Kier molecular flexibility index (Phi) is 7.11. The van der Waals surface area contributed by atoms with Crippen LogP contribution in [0.1, 0.15) is 17.5 Å². The van der Waals surface area contributed by atoms with Crippen LogP contribution in [0.2, 0.25) is 0 Å². The van der Waals surface area contributed by atoms with E-state index in [9.17, 15) is 9.59 Å². The lowest BCUT2D eigenvalue weighted by molar-refractivity contribution is -0.147. The first-order chi connectivity index (χ1) is 9.49. The van der Waals surface area contributed by atoms with E-state index < -0.39 is 12.1 Å². The lowest BCUT2D eigenvalue weighted by Gasteiger charge is -2.07. The van der Waals surface area contributed by atoms with Crippen molar-refractivity contribution in [1.29, 1.82) is 0 Å². The van der Waals surface area contributed by atoms with Crippen molar-refractivity contribution >= 4 is 23.6 Å². The number of carboxylic acid groups (broad SMARTS) is 1. The van der Waals surface area contributed by atoms with Gasteiger partial charge in [-0.2, -0.15) is 0 Å². The molecule has 0 aliphatic carbocycles. The monoisotopic (exact) mass is 297 g/mol. The molecule has 0 aromatic heterocycles. The zero-order valence-corrected chi connectivity index (χ0v) is 12.2. The molecular formula is C14H19NO4S. The Morgan fingerprint density at radius 2 is 2.15 bits per heavy atom. The Labute approximate surface area is 122 Å². The molecule has 5 nitrogen and oxygen atoms in total. The highest BCUT2D eigenvalue weighted by atomic mass is 32.2. The van der Waals surface area contributed by atoms with Crippen LogP contribution in [0.4, 0.5) is 0 Å². The summed E-state index contributed by atoms with van der Waals surface area (Å²) in [6.45, 7) is 2.19. The Morgan fingerprint density at radius 3 is 2.80 bits per heavy atom. The maximum atomic E-state index is 11.5. The maximum Gasteiger partial charge on any atom is 0.332 e. The number of rotatable bonds is 8. The van der Waals surface area contributed by atoms with Crippen LogP contribution in [0.15, 0.2) is 24.3 Å². The second kappa shape index (κ2) is 8.60. The third-order valence-corrected chi connectivity index (χ3v) is 3.61. The molecule has 0 fully saturated rings. The number of benzene rings is 1.